The highest BCUT2D eigenvalue weighted by atomic mass is 32.2. The van der Waals surface area contributed by atoms with E-state index in [1.165, 1.54) is 10.4 Å². The molecule has 0 spiro atoms. The Labute approximate surface area is 183 Å². The largest absolute Gasteiger partial charge is 0.448 e. The van der Waals surface area contributed by atoms with Crippen LogP contribution in [0.25, 0.3) is 10.2 Å². The molecule has 162 valence electrons. The predicted molar refractivity (Wildman–Crippen MR) is 118 cm³/mol. The number of hydrogen-bond acceptors (Lipinski definition) is 7. The molecule has 1 amide bonds. The van der Waals surface area contributed by atoms with Crippen molar-refractivity contribution in [3.05, 3.63) is 20.8 Å². The lowest BCUT2D eigenvalue weighted by Gasteiger charge is -2.18. The number of carbonyl (C=O) groups excluding carboxylic acids is 1. The van der Waals surface area contributed by atoms with Crippen LogP contribution in [0.15, 0.2) is 9.95 Å². The van der Waals surface area contributed by atoms with Crippen molar-refractivity contribution in [2.24, 2.45) is 5.92 Å². The van der Waals surface area contributed by atoms with Gasteiger partial charge in [-0.3, -0.25) is 9.36 Å². The highest BCUT2D eigenvalue weighted by Crippen LogP contribution is 2.36. The Balaban J connectivity index is 1.47. The molecule has 0 bridgehead atoms. The van der Waals surface area contributed by atoms with E-state index in [9.17, 15) is 9.59 Å². The van der Waals surface area contributed by atoms with Crippen LogP contribution < -0.4 is 5.56 Å². The average molecular weight is 450 g/mol. The number of ether oxygens (including phenoxy) is 2. The first-order valence-electron chi connectivity index (χ1n) is 10.8. The Morgan fingerprint density at radius 1 is 1.27 bits per heavy atom. The highest BCUT2D eigenvalue weighted by Gasteiger charge is 2.27. The molecular weight excluding hydrogens is 422 g/mol. The SMILES string of the molecule is CC1CCc2c(sc3nc(SCCN4CCOC4=O)n(CC4CCCO4)c(=O)c23)C1. The van der Waals surface area contributed by atoms with Crippen molar-refractivity contribution in [3.63, 3.8) is 0 Å². The van der Waals surface area contributed by atoms with Gasteiger partial charge in [-0.05, 0) is 43.6 Å². The molecule has 0 saturated carbocycles. The van der Waals surface area contributed by atoms with Crippen molar-refractivity contribution in [2.45, 2.75) is 56.8 Å². The van der Waals surface area contributed by atoms with Crippen LogP contribution in [0.2, 0.25) is 0 Å². The number of nitrogens with zero attached hydrogens (tertiary/aromatic N) is 3. The van der Waals surface area contributed by atoms with Crippen LogP contribution in [0.5, 0.6) is 0 Å². The van der Waals surface area contributed by atoms with Gasteiger partial charge in [-0.1, -0.05) is 18.7 Å². The van der Waals surface area contributed by atoms with E-state index in [1.807, 2.05) is 4.57 Å². The van der Waals surface area contributed by atoms with Gasteiger partial charge in [0.2, 0.25) is 0 Å². The summed E-state index contributed by atoms with van der Waals surface area (Å²) in [6, 6.07) is 0. The lowest BCUT2D eigenvalue weighted by molar-refractivity contribution is 0.0937. The normalized spacial score (nSPS) is 23.9. The number of fused-ring (bicyclic) bond motifs is 3. The summed E-state index contributed by atoms with van der Waals surface area (Å²) in [7, 11) is 0. The maximum absolute atomic E-state index is 13.6. The van der Waals surface area contributed by atoms with Gasteiger partial charge >= 0.3 is 6.09 Å². The van der Waals surface area contributed by atoms with Gasteiger partial charge in [0.25, 0.3) is 5.56 Å². The molecule has 1 aliphatic carbocycles. The summed E-state index contributed by atoms with van der Waals surface area (Å²) in [6.45, 7) is 5.27. The molecule has 0 radical (unpaired) electrons. The molecule has 2 saturated heterocycles. The molecule has 0 N–H and O–H groups in total. The van der Waals surface area contributed by atoms with Crippen molar-refractivity contribution >= 4 is 39.4 Å². The quantitative estimate of drug-likeness (QED) is 0.498. The molecule has 7 nitrogen and oxygen atoms in total. The number of aromatic nitrogens is 2. The standard InChI is InChI=1S/C21H27N3O4S2/c1-13-4-5-15-16(11-13)30-18-17(15)19(25)24(12-14-3-2-8-27-14)20(22-18)29-10-7-23-6-9-28-21(23)26/h13-14H,2-12H2,1H3. The Kier molecular flexibility index (Phi) is 5.77. The van der Waals surface area contributed by atoms with E-state index in [-0.39, 0.29) is 17.8 Å². The maximum atomic E-state index is 13.6. The molecule has 30 heavy (non-hydrogen) atoms. The van der Waals surface area contributed by atoms with Crippen molar-refractivity contribution in [1.29, 1.82) is 0 Å². The fraction of sp³-hybridized carbons (Fsp3) is 0.667. The molecule has 2 fully saturated rings. The van der Waals surface area contributed by atoms with Crippen LogP contribution in [0, 0.1) is 5.92 Å². The number of thioether (sulfide) groups is 1. The van der Waals surface area contributed by atoms with Gasteiger partial charge in [-0.25, -0.2) is 9.78 Å². The topological polar surface area (TPSA) is 73.7 Å². The van der Waals surface area contributed by atoms with Gasteiger partial charge in [-0.2, -0.15) is 0 Å². The molecule has 9 heteroatoms. The van der Waals surface area contributed by atoms with Gasteiger partial charge in [0.1, 0.15) is 11.4 Å². The molecule has 5 rings (SSSR count). The third kappa shape index (κ3) is 3.87. The second-order valence-electron chi connectivity index (χ2n) is 8.43. The van der Waals surface area contributed by atoms with Crippen LogP contribution in [0.1, 0.15) is 36.6 Å². The summed E-state index contributed by atoms with van der Waals surface area (Å²) in [5.41, 5.74) is 1.30. The van der Waals surface area contributed by atoms with Crippen molar-refractivity contribution in [1.82, 2.24) is 14.5 Å². The molecular formula is C21H27N3O4S2. The summed E-state index contributed by atoms with van der Waals surface area (Å²) >= 11 is 3.24. The fourth-order valence-corrected chi connectivity index (χ4v) is 6.94. The second kappa shape index (κ2) is 8.51. The van der Waals surface area contributed by atoms with E-state index < -0.39 is 0 Å². The van der Waals surface area contributed by atoms with Crippen LogP contribution in [-0.4, -0.2) is 58.7 Å². The van der Waals surface area contributed by atoms with E-state index in [1.54, 1.807) is 28.0 Å². The molecule has 0 aromatic carbocycles. The monoisotopic (exact) mass is 449 g/mol. The molecule has 2 aliphatic heterocycles. The van der Waals surface area contributed by atoms with Crippen LogP contribution in [0.4, 0.5) is 4.79 Å². The first-order valence-corrected chi connectivity index (χ1v) is 12.6. The number of thiophene rings is 1. The summed E-state index contributed by atoms with van der Waals surface area (Å²) in [5.74, 6) is 1.34. The minimum atomic E-state index is -0.254. The molecule has 2 aromatic rings. The summed E-state index contributed by atoms with van der Waals surface area (Å²) < 4.78 is 12.7. The van der Waals surface area contributed by atoms with E-state index in [0.29, 0.717) is 37.9 Å². The summed E-state index contributed by atoms with van der Waals surface area (Å²) in [4.78, 5) is 34.1. The number of aryl methyl sites for hydroxylation is 1. The zero-order chi connectivity index (χ0) is 20.7. The number of rotatable bonds is 6. The van der Waals surface area contributed by atoms with Crippen LogP contribution >= 0.6 is 23.1 Å². The fourth-order valence-electron chi connectivity index (χ4n) is 4.54. The lowest BCUT2D eigenvalue weighted by atomic mass is 9.89. The molecule has 2 atom stereocenters. The Morgan fingerprint density at radius 2 is 2.17 bits per heavy atom. The third-order valence-corrected chi connectivity index (χ3v) is 8.33. The Hall–Kier alpha value is -1.58. The molecule has 2 unspecified atom stereocenters. The Morgan fingerprint density at radius 3 is 2.93 bits per heavy atom. The van der Waals surface area contributed by atoms with E-state index >= 15 is 0 Å². The zero-order valence-corrected chi connectivity index (χ0v) is 18.9. The number of carbonyl (C=O) groups is 1. The third-order valence-electron chi connectivity index (χ3n) is 6.23. The van der Waals surface area contributed by atoms with Crippen molar-refractivity contribution in [3.8, 4) is 0 Å². The van der Waals surface area contributed by atoms with E-state index in [2.05, 4.69) is 6.92 Å². The van der Waals surface area contributed by atoms with E-state index in [0.717, 1.165) is 54.1 Å². The van der Waals surface area contributed by atoms with Gasteiger partial charge < -0.3 is 14.4 Å². The second-order valence-corrected chi connectivity index (χ2v) is 10.6. The average Bonchev–Trinajstić information content (AvgIpc) is 3.45. The van der Waals surface area contributed by atoms with Gasteiger partial charge in [-0.15, -0.1) is 11.3 Å². The zero-order valence-electron chi connectivity index (χ0n) is 17.2. The first-order chi connectivity index (χ1) is 14.6. The minimum absolute atomic E-state index is 0.0735. The molecule has 4 heterocycles. The van der Waals surface area contributed by atoms with Crippen molar-refractivity contribution in [2.75, 3.05) is 32.1 Å². The number of cyclic esters (lactones) is 1. The van der Waals surface area contributed by atoms with E-state index in [4.69, 9.17) is 14.5 Å². The van der Waals surface area contributed by atoms with Gasteiger partial charge in [0, 0.05) is 23.8 Å². The molecule has 3 aliphatic rings. The van der Waals surface area contributed by atoms with Gasteiger partial charge in [0.05, 0.1) is 24.6 Å². The van der Waals surface area contributed by atoms with Crippen LogP contribution in [0.3, 0.4) is 0 Å². The Bertz CT molecular complexity index is 1010. The maximum Gasteiger partial charge on any atom is 0.409 e. The van der Waals surface area contributed by atoms with Crippen LogP contribution in [-0.2, 0) is 28.9 Å². The van der Waals surface area contributed by atoms with Gasteiger partial charge in [0.15, 0.2) is 5.16 Å². The number of hydrogen-bond donors (Lipinski definition) is 0. The first kappa shape index (κ1) is 20.3. The predicted octanol–water partition coefficient (Wildman–Crippen LogP) is 3.31. The number of amides is 1. The smallest absolute Gasteiger partial charge is 0.409 e. The summed E-state index contributed by atoms with van der Waals surface area (Å²) in [6.07, 6.45) is 4.98. The lowest BCUT2D eigenvalue weighted by Crippen LogP contribution is -2.30. The molecule has 2 aromatic heterocycles. The van der Waals surface area contributed by atoms with Crippen molar-refractivity contribution < 1.29 is 14.3 Å². The highest BCUT2D eigenvalue weighted by molar-refractivity contribution is 7.99. The summed E-state index contributed by atoms with van der Waals surface area (Å²) in [5, 5.41) is 1.56. The minimum Gasteiger partial charge on any atom is -0.448 e.